The number of Topliss-reactive ketones (excluding diaryl/α,β-unsaturated/α-hetero) is 1. The van der Waals surface area contributed by atoms with Gasteiger partial charge in [-0.2, -0.15) is 0 Å². The number of carbonyl (C=O) groups excluding carboxylic acids is 1. The average molecular weight is 221 g/mol. The zero-order valence-corrected chi connectivity index (χ0v) is 9.55. The molecule has 2 nitrogen and oxygen atoms in total. The maximum atomic E-state index is 11.9. The molecule has 3 heteroatoms. The van der Waals surface area contributed by atoms with E-state index in [0.717, 1.165) is 29.8 Å². The first-order valence-electron chi connectivity index (χ1n) is 5.47. The molecule has 0 spiro atoms. The van der Waals surface area contributed by atoms with Crippen LogP contribution in [-0.2, 0) is 11.2 Å². The van der Waals surface area contributed by atoms with E-state index in [0.29, 0.717) is 6.42 Å². The van der Waals surface area contributed by atoms with Gasteiger partial charge in [-0.25, -0.2) is 4.98 Å². The van der Waals surface area contributed by atoms with Gasteiger partial charge in [0.1, 0.15) is 5.01 Å². The van der Waals surface area contributed by atoms with E-state index in [1.54, 1.807) is 17.5 Å². The van der Waals surface area contributed by atoms with Crippen LogP contribution in [0.25, 0.3) is 0 Å². The highest BCUT2D eigenvalue weighted by Crippen LogP contribution is 2.19. The Morgan fingerprint density at radius 1 is 1.40 bits per heavy atom. The SMILES string of the molecule is O=C(Cc1nccs1)C1=CCCCCC1. The van der Waals surface area contributed by atoms with E-state index in [4.69, 9.17) is 0 Å². The van der Waals surface area contributed by atoms with Gasteiger partial charge in [0.05, 0.1) is 6.42 Å². The summed E-state index contributed by atoms with van der Waals surface area (Å²) in [6.45, 7) is 0. The van der Waals surface area contributed by atoms with Crippen LogP contribution in [0.15, 0.2) is 23.2 Å². The molecule has 2 rings (SSSR count). The second kappa shape index (κ2) is 5.21. The Balaban J connectivity index is 1.98. The van der Waals surface area contributed by atoms with Gasteiger partial charge in [-0.05, 0) is 31.3 Å². The molecule has 1 aliphatic carbocycles. The molecule has 1 heterocycles. The minimum absolute atomic E-state index is 0.270. The predicted octanol–water partition coefficient (Wildman–Crippen LogP) is 3.15. The normalized spacial score (nSPS) is 16.9. The van der Waals surface area contributed by atoms with E-state index in [-0.39, 0.29) is 5.78 Å². The van der Waals surface area contributed by atoms with Crippen molar-refractivity contribution in [3.8, 4) is 0 Å². The molecule has 0 saturated heterocycles. The van der Waals surface area contributed by atoms with E-state index in [9.17, 15) is 4.79 Å². The highest BCUT2D eigenvalue weighted by Gasteiger charge is 2.12. The summed E-state index contributed by atoms with van der Waals surface area (Å²) in [5, 5.41) is 2.86. The minimum atomic E-state index is 0.270. The Labute approximate surface area is 94.0 Å². The molecule has 0 radical (unpaired) electrons. The van der Waals surface area contributed by atoms with Crippen LogP contribution in [0, 0.1) is 0 Å². The molecule has 0 bridgehead atoms. The van der Waals surface area contributed by atoms with Crippen molar-refractivity contribution in [2.45, 2.75) is 38.5 Å². The van der Waals surface area contributed by atoms with Crippen LogP contribution >= 0.6 is 11.3 Å². The monoisotopic (exact) mass is 221 g/mol. The van der Waals surface area contributed by atoms with E-state index < -0.39 is 0 Å². The van der Waals surface area contributed by atoms with E-state index in [1.165, 1.54) is 12.8 Å². The predicted molar refractivity (Wildman–Crippen MR) is 62.0 cm³/mol. The van der Waals surface area contributed by atoms with Crippen LogP contribution in [0.1, 0.15) is 37.1 Å². The third-order valence-corrected chi connectivity index (χ3v) is 3.47. The number of carbonyl (C=O) groups is 1. The molecule has 0 aliphatic heterocycles. The van der Waals surface area contributed by atoms with Gasteiger partial charge in [-0.15, -0.1) is 11.3 Å². The Bertz CT molecular complexity index is 354. The molecule has 0 saturated carbocycles. The molecule has 0 amide bonds. The van der Waals surface area contributed by atoms with Crippen molar-refractivity contribution in [3.63, 3.8) is 0 Å². The Kier molecular flexibility index (Phi) is 3.67. The van der Waals surface area contributed by atoms with Gasteiger partial charge >= 0.3 is 0 Å². The summed E-state index contributed by atoms with van der Waals surface area (Å²) in [7, 11) is 0. The van der Waals surface area contributed by atoms with Gasteiger partial charge in [0.15, 0.2) is 5.78 Å². The van der Waals surface area contributed by atoms with E-state index in [2.05, 4.69) is 11.1 Å². The van der Waals surface area contributed by atoms with E-state index >= 15 is 0 Å². The van der Waals surface area contributed by atoms with Crippen molar-refractivity contribution in [3.05, 3.63) is 28.2 Å². The number of hydrogen-bond acceptors (Lipinski definition) is 3. The van der Waals surface area contributed by atoms with E-state index in [1.807, 2.05) is 5.38 Å². The van der Waals surface area contributed by atoms with Gasteiger partial charge in [0, 0.05) is 11.6 Å². The van der Waals surface area contributed by atoms with Crippen LogP contribution in [0.5, 0.6) is 0 Å². The molecular formula is C12H15NOS. The molecule has 15 heavy (non-hydrogen) atoms. The number of rotatable bonds is 3. The largest absolute Gasteiger partial charge is 0.294 e. The molecule has 1 aromatic rings. The van der Waals surface area contributed by atoms with Crippen molar-refractivity contribution >= 4 is 17.1 Å². The fourth-order valence-electron chi connectivity index (χ4n) is 1.86. The quantitative estimate of drug-likeness (QED) is 0.784. The first kappa shape index (κ1) is 10.6. The Morgan fingerprint density at radius 3 is 3.13 bits per heavy atom. The smallest absolute Gasteiger partial charge is 0.165 e. The number of nitrogens with zero attached hydrogens (tertiary/aromatic N) is 1. The van der Waals surface area contributed by atoms with Crippen LogP contribution in [0.4, 0.5) is 0 Å². The number of aromatic nitrogens is 1. The number of allylic oxidation sites excluding steroid dienone is 2. The molecule has 0 N–H and O–H groups in total. The fraction of sp³-hybridized carbons (Fsp3) is 0.500. The molecule has 1 aliphatic rings. The van der Waals surface area contributed by atoms with Gasteiger partial charge in [0.25, 0.3) is 0 Å². The number of ketones is 1. The molecule has 0 aromatic carbocycles. The number of thiazole rings is 1. The summed E-state index contributed by atoms with van der Waals surface area (Å²) in [5.41, 5.74) is 1.03. The van der Waals surface area contributed by atoms with Gasteiger partial charge in [0.2, 0.25) is 0 Å². The second-order valence-corrected chi connectivity index (χ2v) is 4.83. The minimum Gasteiger partial charge on any atom is -0.294 e. The third-order valence-electron chi connectivity index (χ3n) is 2.69. The summed E-state index contributed by atoms with van der Waals surface area (Å²) in [6, 6.07) is 0. The molecule has 1 aromatic heterocycles. The first-order chi connectivity index (χ1) is 7.36. The number of hydrogen-bond donors (Lipinski definition) is 0. The average Bonchev–Trinajstić information content (AvgIpc) is 2.58. The molecule has 0 atom stereocenters. The lowest BCUT2D eigenvalue weighted by Gasteiger charge is -2.02. The molecule has 0 unspecified atom stereocenters. The molecular weight excluding hydrogens is 206 g/mol. The summed E-state index contributed by atoms with van der Waals surface area (Å²) in [6.07, 6.45) is 10.1. The van der Waals surface area contributed by atoms with Gasteiger partial charge < -0.3 is 0 Å². The Morgan fingerprint density at radius 2 is 2.33 bits per heavy atom. The Hall–Kier alpha value is -0.960. The van der Waals surface area contributed by atoms with Crippen molar-refractivity contribution in [1.29, 1.82) is 0 Å². The summed E-state index contributed by atoms with van der Waals surface area (Å²) in [4.78, 5) is 16.1. The topological polar surface area (TPSA) is 30.0 Å². The third kappa shape index (κ3) is 2.99. The lowest BCUT2D eigenvalue weighted by atomic mass is 10.0. The van der Waals surface area contributed by atoms with Crippen molar-refractivity contribution in [2.75, 3.05) is 0 Å². The fourth-order valence-corrected chi connectivity index (χ4v) is 2.47. The summed E-state index contributed by atoms with van der Waals surface area (Å²) >= 11 is 1.56. The van der Waals surface area contributed by atoms with Crippen LogP contribution in [-0.4, -0.2) is 10.8 Å². The summed E-state index contributed by atoms with van der Waals surface area (Å²) in [5.74, 6) is 0.270. The standard InChI is InChI=1S/C12H15NOS/c14-11(9-12-13-7-8-15-12)10-5-3-1-2-4-6-10/h5,7-8H,1-4,6,9H2. The van der Waals surface area contributed by atoms with Crippen LogP contribution < -0.4 is 0 Å². The van der Waals surface area contributed by atoms with Crippen molar-refractivity contribution in [2.24, 2.45) is 0 Å². The van der Waals surface area contributed by atoms with Gasteiger partial charge in [-0.1, -0.05) is 12.5 Å². The lowest BCUT2D eigenvalue weighted by molar-refractivity contribution is -0.115. The first-order valence-corrected chi connectivity index (χ1v) is 6.35. The highest BCUT2D eigenvalue weighted by atomic mass is 32.1. The maximum Gasteiger partial charge on any atom is 0.165 e. The van der Waals surface area contributed by atoms with Crippen molar-refractivity contribution in [1.82, 2.24) is 4.98 Å². The molecule has 80 valence electrons. The highest BCUT2D eigenvalue weighted by molar-refractivity contribution is 7.09. The zero-order chi connectivity index (χ0) is 10.5. The lowest BCUT2D eigenvalue weighted by Crippen LogP contribution is -2.06. The van der Waals surface area contributed by atoms with Crippen molar-refractivity contribution < 1.29 is 4.79 Å². The van der Waals surface area contributed by atoms with Crippen LogP contribution in [0.2, 0.25) is 0 Å². The summed E-state index contributed by atoms with van der Waals surface area (Å²) < 4.78 is 0. The second-order valence-electron chi connectivity index (χ2n) is 3.85. The van der Waals surface area contributed by atoms with Gasteiger partial charge in [-0.3, -0.25) is 4.79 Å². The maximum absolute atomic E-state index is 11.9. The van der Waals surface area contributed by atoms with Crippen LogP contribution in [0.3, 0.4) is 0 Å². The zero-order valence-electron chi connectivity index (χ0n) is 8.74. The molecule has 0 fully saturated rings.